The zero-order valence-electron chi connectivity index (χ0n) is 10.8. The molecular weight excluding hydrogens is 202 g/mol. The lowest BCUT2D eigenvalue weighted by molar-refractivity contribution is -0.120. The summed E-state index contributed by atoms with van der Waals surface area (Å²) in [6, 6.07) is -0.170. The fraction of sp³-hybridized carbons (Fsp3) is 0.917. The Balaban J connectivity index is 2.38. The molecule has 1 heterocycles. The first-order valence-corrected chi connectivity index (χ1v) is 6.18. The number of nitrogens with zero attached hydrogens (tertiary/aromatic N) is 1. The number of carbonyl (C=O) groups is 1. The Bertz CT molecular complexity index is 234. The van der Waals surface area contributed by atoms with E-state index in [1.54, 1.807) is 0 Å². The van der Waals surface area contributed by atoms with Crippen LogP contribution in [0.5, 0.6) is 0 Å². The predicted molar refractivity (Wildman–Crippen MR) is 66.1 cm³/mol. The first kappa shape index (κ1) is 13.5. The van der Waals surface area contributed by atoms with Crippen molar-refractivity contribution in [1.82, 2.24) is 10.2 Å². The molecule has 0 aromatic heterocycles. The lowest BCUT2D eigenvalue weighted by atomic mass is 9.80. The smallest absolute Gasteiger partial charge is 0.234 e. The van der Waals surface area contributed by atoms with Gasteiger partial charge in [-0.3, -0.25) is 4.79 Å². The lowest BCUT2D eigenvalue weighted by Gasteiger charge is -2.38. The molecule has 1 fully saturated rings. The van der Waals surface area contributed by atoms with Crippen molar-refractivity contribution >= 4 is 5.91 Å². The summed E-state index contributed by atoms with van der Waals surface area (Å²) in [5, 5.41) is 3.30. The third-order valence-corrected chi connectivity index (χ3v) is 3.72. The summed E-state index contributed by atoms with van der Waals surface area (Å²) in [6.07, 6.45) is 3.14. The summed E-state index contributed by atoms with van der Waals surface area (Å²) in [4.78, 5) is 13.5. The fourth-order valence-corrected chi connectivity index (χ4v) is 2.15. The van der Waals surface area contributed by atoms with Crippen LogP contribution in [0, 0.1) is 5.41 Å². The van der Waals surface area contributed by atoms with Crippen molar-refractivity contribution in [3.8, 4) is 0 Å². The molecule has 1 aliphatic rings. The van der Waals surface area contributed by atoms with Gasteiger partial charge in [0, 0.05) is 6.54 Å². The minimum atomic E-state index is -0.237. The zero-order valence-corrected chi connectivity index (χ0v) is 10.8. The van der Waals surface area contributed by atoms with Crippen LogP contribution in [0.2, 0.25) is 0 Å². The van der Waals surface area contributed by atoms with Crippen LogP contribution in [-0.2, 0) is 4.79 Å². The van der Waals surface area contributed by atoms with Crippen LogP contribution in [-0.4, -0.2) is 43.5 Å². The van der Waals surface area contributed by atoms with Gasteiger partial charge in [0.25, 0.3) is 0 Å². The number of nitrogens with two attached hydrogens (primary N) is 1. The maximum Gasteiger partial charge on any atom is 0.234 e. The van der Waals surface area contributed by atoms with Crippen LogP contribution in [0.3, 0.4) is 0 Å². The molecule has 0 saturated carbocycles. The monoisotopic (exact) mass is 227 g/mol. The van der Waals surface area contributed by atoms with Gasteiger partial charge >= 0.3 is 0 Å². The van der Waals surface area contributed by atoms with E-state index in [4.69, 9.17) is 5.73 Å². The van der Waals surface area contributed by atoms with E-state index in [-0.39, 0.29) is 11.9 Å². The van der Waals surface area contributed by atoms with Crippen LogP contribution in [0.15, 0.2) is 0 Å². The third-order valence-electron chi connectivity index (χ3n) is 3.72. The highest BCUT2D eigenvalue weighted by atomic mass is 16.1. The van der Waals surface area contributed by atoms with Crippen molar-refractivity contribution in [3.05, 3.63) is 0 Å². The molecule has 3 N–H and O–H groups in total. The van der Waals surface area contributed by atoms with Gasteiger partial charge in [-0.2, -0.15) is 0 Å². The van der Waals surface area contributed by atoms with Crippen LogP contribution in [0.1, 0.15) is 33.1 Å². The van der Waals surface area contributed by atoms with E-state index in [9.17, 15) is 4.79 Å². The van der Waals surface area contributed by atoms with Crippen LogP contribution in [0.4, 0.5) is 0 Å². The first-order chi connectivity index (χ1) is 7.47. The molecular formula is C12H25N3O. The number of amides is 1. The van der Waals surface area contributed by atoms with Gasteiger partial charge in [0.15, 0.2) is 0 Å². The molecule has 1 rings (SSSR count). The van der Waals surface area contributed by atoms with Gasteiger partial charge in [-0.05, 0) is 44.8 Å². The molecule has 0 bridgehead atoms. The van der Waals surface area contributed by atoms with Crippen molar-refractivity contribution in [2.45, 2.75) is 39.2 Å². The molecule has 0 aromatic carbocycles. The standard InChI is InChI=1S/C12H25N3O/c1-4-10(11(13)16)14-9-12(2)5-7-15(3)8-6-12/h10,14H,4-9H2,1-3H3,(H2,13,16). The SMILES string of the molecule is CCC(NCC1(C)CCN(C)CC1)C(N)=O. The number of primary amides is 1. The Kier molecular flexibility index (Phi) is 4.74. The number of hydrogen-bond donors (Lipinski definition) is 2. The molecule has 4 heteroatoms. The number of hydrogen-bond acceptors (Lipinski definition) is 3. The summed E-state index contributed by atoms with van der Waals surface area (Å²) in [6.45, 7) is 7.46. The Labute approximate surface area is 98.6 Å². The summed E-state index contributed by atoms with van der Waals surface area (Å²) < 4.78 is 0. The Morgan fingerprint density at radius 1 is 1.50 bits per heavy atom. The number of nitrogens with one attached hydrogen (secondary N) is 1. The quantitative estimate of drug-likeness (QED) is 0.722. The summed E-state index contributed by atoms with van der Waals surface area (Å²) >= 11 is 0. The molecule has 16 heavy (non-hydrogen) atoms. The van der Waals surface area contributed by atoms with E-state index in [0.29, 0.717) is 5.41 Å². The number of likely N-dealkylation sites (tertiary alicyclic amines) is 1. The number of piperidine rings is 1. The van der Waals surface area contributed by atoms with E-state index in [1.165, 1.54) is 12.8 Å². The summed E-state index contributed by atoms with van der Waals surface area (Å²) in [5.74, 6) is -0.237. The molecule has 0 radical (unpaired) electrons. The highest BCUT2D eigenvalue weighted by Gasteiger charge is 2.29. The van der Waals surface area contributed by atoms with Crippen LogP contribution < -0.4 is 11.1 Å². The van der Waals surface area contributed by atoms with Gasteiger partial charge < -0.3 is 16.0 Å². The minimum Gasteiger partial charge on any atom is -0.368 e. The van der Waals surface area contributed by atoms with Crippen LogP contribution in [0.25, 0.3) is 0 Å². The summed E-state index contributed by atoms with van der Waals surface area (Å²) in [5.41, 5.74) is 5.63. The molecule has 1 saturated heterocycles. The first-order valence-electron chi connectivity index (χ1n) is 6.18. The van der Waals surface area contributed by atoms with Crippen molar-refractivity contribution in [3.63, 3.8) is 0 Å². The van der Waals surface area contributed by atoms with Gasteiger partial charge in [-0.25, -0.2) is 0 Å². The fourth-order valence-electron chi connectivity index (χ4n) is 2.15. The summed E-state index contributed by atoms with van der Waals surface area (Å²) in [7, 11) is 2.16. The Hall–Kier alpha value is -0.610. The molecule has 1 atom stereocenters. The molecule has 4 nitrogen and oxygen atoms in total. The van der Waals surface area contributed by atoms with Crippen molar-refractivity contribution in [2.75, 3.05) is 26.7 Å². The van der Waals surface area contributed by atoms with Gasteiger partial charge in [0.1, 0.15) is 0 Å². The van der Waals surface area contributed by atoms with Crippen molar-refractivity contribution in [2.24, 2.45) is 11.1 Å². The molecule has 0 spiro atoms. The van der Waals surface area contributed by atoms with Crippen molar-refractivity contribution < 1.29 is 4.79 Å². The number of rotatable bonds is 5. The average molecular weight is 227 g/mol. The van der Waals surface area contributed by atoms with Crippen molar-refractivity contribution in [1.29, 1.82) is 0 Å². The van der Waals surface area contributed by atoms with Gasteiger partial charge in [-0.1, -0.05) is 13.8 Å². The molecule has 94 valence electrons. The molecule has 1 aliphatic heterocycles. The minimum absolute atomic E-state index is 0.170. The number of carbonyl (C=O) groups excluding carboxylic acids is 1. The lowest BCUT2D eigenvalue weighted by Crippen LogP contribution is -2.48. The van der Waals surface area contributed by atoms with E-state index >= 15 is 0 Å². The van der Waals surface area contributed by atoms with Crippen LogP contribution >= 0.6 is 0 Å². The maximum atomic E-state index is 11.1. The Morgan fingerprint density at radius 3 is 2.50 bits per heavy atom. The van der Waals surface area contributed by atoms with Gasteiger partial charge in [0.2, 0.25) is 5.91 Å². The largest absolute Gasteiger partial charge is 0.368 e. The topological polar surface area (TPSA) is 58.4 Å². The second kappa shape index (κ2) is 5.64. The van der Waals surface area contributed by atoms with E-state index in [0.717, 1.165) is 26.1 Å². The van der Waals surface area contributed by atoms with E-state index in [2.05, 4.69) is 24.2 Å². The third kappa shape index (κ3) is 3.76. The predicted octanol–water partition coefficient (Wildman–Crippen LogP) is 0.572. The van der Waals surface area contributed by atoms with E-state index in [1.807, 2.05) is 6.92 Å². The van der Waals surface area contributed by atoms with E-state index < -0.39 is 0 Å². The second-order valence-electron chi connectivity index (χ2n) is 5.36. The highest BCUT2D eigenvalue weighted by molar-refractivity contribution is 5.79. The maximum absolute atomic E-state index is 11.1. The van der Waals surface area contributed by atoms with Gasteiger partial charge in [0.05, 0.1) is 6.04 Å². The normalized spacial score (nSPS) is 22.9. The highest BCUT2D eigenvalue weighted by Crippen LogP contribution is 2.29. The Morgan fingerprint density at radius 2 is 2.06 bits per heavy atom. The second-order valence-corrected chi connectivity index (χ2v) is 5.36. The average Bonchev–Trinajstić information content (AvgIpc) is 2.23. The molecule has 1 amide bonds. The molecule has 0 aromatic rings. The zero-order chi connectivity index (χ0) is 12.2. The van der Waals surface area contributed by atoms with Gasteiger partial charge in [-0.15, -0.1) is 0 Å². The molecule has 0 aliphatic carbocycles. The molecule has 1 unspecified atom stereocenters.